The Morgan fingerprint density at radius 1 is 1.21 bits per heavy atom. The van der Waals surface area contributed by atoms with Crippen molar-refractivity contribution in [1.82, 2.24) is 19.9 Å². The minimum absolute atomic E-state index is 0.478. The lowest BCUT2D eigenvalue weighted by Crippen LogP contribution is -2.35. The van der Waals surface area contributed by atoms with Crippen molar-refractivity contribution in [3.05, 3.63) is 47.8 Å². The van der Waals surface area contributed by atoms with Gasteiger partial charge in [0, 0.05) is 20.2 Å². The summed E-state index contributed by atoms with van der Waals surface area (Å²) in [6, 6.07) is 11.3. The molecule has 1 fully saturated rings. The molecule has 1 aromatic heterocycles. The molecule has 2 aromatic rings. The van der Waals surface area contributed by atoms with Crippen LogP contribution in [0.25, 0.3) is 0 Å². The fraction of sp³-hybridized carbons (Fsp3) is 0.579. The van der Waals surface area contributed by atoms with Gasteiger partial charge < -0.3 is 9.64 Å². The average molecular weight is 328 g/mol. The van der Waals surface area contributed by atoms with Crippen molar-refractivity contribution in [1.29, 1.82) is 0 Å². The Balaban J connectivity index is 1.43. The molecule has 0 amide bonds. The van der Waals surface area contributed by atoms with E-state index in [0.29, 0.717) is 18.6 Å². The molecule has 0 aliphatic carbocycles. The van der Waals surface area contributed by atoms with E-state index in [1.165, 1.54) is 18.5 Å². The number of aromatic nitrogens is 3. The topological polar surface area (TPSA) is 43.2 Å². The van der Waals surface area contributed by atoms with Crippen LogP contribution >= 0.6 is 0 Å². The van der Waals surface area contributed by atoms with Crippen LogP contribution in [0.2, 0.25) is 0 Å². The number of likely N-dealkylation sites (tertiary alicyclic amines) is 1. The third-order valence-electron chi connectivity index (χ3n) is 5.03. The molecule has 1 aliphatic rings. The molecule has 1 aromatic carbocycles. The number of hydrogen-bond donors (Lipinski definition) is 0. The number of benzene rings is 1. The first-order valence-electron chi connectivity index (χ1n) is 8.93. The van der Waals surface area contributed by atoms with Gasteiger partial charge in [0.25, 0.3) is 0 Å². The van der Waals surface area contributed by atoms with E-state index < -0.39 is 0 Å². The zero-order chi connectivity index (χ0) is 16.8. The van der Waals surface area contributed by atoms with Crippen molar-refractivity contribution in [3.8, 4) is 0 Å². The van der Waals surface area contributed by atoms with Crippen LogP contribution in [0.3, 0.4) is 0 Å². The minimum Gasteiger partial charge on any atom is -0.378 e. The van der Waals surface area contributed by atoms with Gasteiger partial charge in [-0.15, -0.1) is 5.10 Å². The molecule has 1 unspecified atom stereocenters. The number of hydrogen-bond acceptors (Lipinski definition) is 4. The lowest BCUT2D eigenvalue weighted by molar-refractivity contribution is 0.174. The quantitative estimate of drug-likeness (QED) is 0.782. The third kappa shape index (κ3) is 4.42. The molecule has 5 heteroatoms. The van der Waals surface area contributed by atoms with Gasteiger partial charge in [-0.2, -0.15) is 0 Å². The molecule has 5 nitrogen and oxygen atoms in total. The van der Waals surface area contributed by atoms with E-state index in [1.807, 2.05) is 10.9 Å². The SMILES string of the molecule is COCc1cn(C2CCN(CCC(C)c3ccccc3)CC2)nn1. The van der Waals surface area contributed by atoms with Gasteiger partial charge in [-0.1, -0.05) is 42.5 Å². The van der Waals surface area contributed by atoms with Crippen molar-refractivity contribution in [2.45, 2.75) is 44.8 Å². The largest absolute Gasteiger partial charge is 0.378 e. The summed E-state index contributed by atoms with van der Waals surface area (Å²) >= 11 is 0. The molecular weight excluding hydrogens is 300 g/mol. The molecule has 0 N–H and O–H groups in total. The van der Waals surface area contributed by atoms with Gasteiger partial charge in [-0.3, -0.25) is 0 Å². The Hall–Kier alpha value is -1.72. The first-order valence-corrected chi connectivity index (χ1v) is 8.93. The highest BCUT2D eigenvalue weighted by Gasteiger charge is 2.22. The smallest absolute Gasteiger partial charge is 0.108 e. The molecule has 24 heavy (non-hydrogen) atoms. The molecule has 0 spiro atoms. The maximum absolute atomic E-state index is 5.11. The van der Waals surface area contributed by atoms with Crippen LogP contribution in [0.5, 0.6) is 0 Å². The number of ether oxygens (including phenoxy) is 1. The van der Waals surface area contributed by atoms with Gasteiger partial charge in [0.05, 0.1) is 18.8 Å². The van der Waals surface area contributed by atoms with E-state index in [-0.39, 0.29) is 0 Å². The molecule has 1 aliphatic heterocycles. The standard InChI is InChI=1S/C19H28N4O/c1-16(17-6-4-3-5-7-17)8-11-22-12-9-19(10-13-22)23-14-18(15-24-2)20-21-23/h3-7,14,16,19H,8-13,15H2,1-2H3. The second kappa shape index (κ2) is 8.40. The highest BCUT2D eigenvalue weighted by Crippen LogP contribution is 2.24. The highest BCUT2D eigenvalue weighted by molar-refractivity contribution is 5.18. The first-order chi connectivity index (χ1) is 11.8. The highest BCUT2D eigenvalue weighted by atomic mass is 16.5. The summed E-state index contributed by atoms with van der Waals surface area (Å²) in [5, 5.41) is 8.43. The van der Waals surface area contributed by atoms with Crippen LogP contribution < -0.4 is 0 Å². The van der Waals surface area contributed by atoms with E-state index in [1.54, 1.807) is 7.11 Å². The Bertz CT molecular complexity index is 605. The average Bonchev–Trinajstić information content (AvgIpc) is 3.10. The lowest BCUT2D eigenvalue weighted by atomic mass is 9.97. The predicted molar refractivity (Wildman–Crippen MR) is 94.9 cm³/mol. The van der Waals surface area contributed by atoms with Crippen LogP contribution in [0, 0.1) is 0 Å². The summed E-state index contributed by atoms with van der Waals surface area (Å²) < 4.78 is 7.14. The maximum atomic E-state index is 5.11. The van der Waals surface area contributed by atoms with Crippen molar-refractivity contribution < 1.29 is 4.74 Å². The molecule has 0 bridgehead atoms. The molecule has 1 saturated heterocycles. The van der Waals surface area contributed by atoms with Gasteiger partial charge in [-0.05, 0) is 37.3 Å². The van der Waals surface area contributed by atoms with E-state index in [2.05, 4.69) is 52.5 Å². The number of rotatable bonds is 7. The summed E-state index contributed by atoms with van der Waals surface area (Å²) in [4.78, 5) is 2.59. The van der Waals surface area contributed by atoms with E-state index in [0.717, 1.165) is 31.6 Å². The van der Waals surface area contributed by atoms with Crippen molar-refractivity contribution >= 4 is 0 Å². The molecule has 0 radical (unpaired) electrons. The second-order valence-electron chi connectivity index (χ2n) is 6.80. The molecule has 3 rings (SSSR count). The summed E-state index contributed by atoms with van der Waals surface area (Å²) in [5.41, 5.74) is 2.36. The third-order valence-corrected chi connectivity index (χ3v) is 5.03. The lowest BCUT2D eigenvalue weighted by Gasteiger charge is -2.32. The Kier molecular flexibility index (Phi) is 5.99. The Morgan fingerprint density at radius 2 is 1.96 bits per heavy atom. The summed E-state index contributed by atoms with van der Waals surface area (Å²) in [5.74, 6) is 0.621. The molecule has 0 saturated carbocycles. The molecule has 1 atom stereocenters. The minimum atomic E-state index is 0.478. The second-order valence-corrected chi connectivity index (χ2v) is 6.80. The Labute approximate surface area is 144 Å². The Morgan fingerprint density at radius 3 is 2.67 bits per heavy atom. The predicted octanol–water partition coefficient (Wildman–Crippen LogP) is 3.26. The zero-order valence-electron chi connectivity index (χ0n) is 14.8. The van der Waals surface area contributed by atoms with Gasteiger partial charge in [-0.25, -0.2) is 4.68 Å². The van der Waals surface area contributed by atoms with Crippen LogP contribution in [-0.4, -0.2) is 46.6 Å². The first kappa shape index (κ1) is 17.1. The van der Waals surface area contributed by atoms with E-state index >= 15 is 0 Å². The molecular formula is C19H28N4O. The zero-order valence-corrected chi connectivity index (χ0v) is 14.8. The van der Waals surface area contributed by atoms with Crippen LogP contribution in [0.15, 0.2) is 36.5 Å². The van der Waals surface area contributed by atoms with Gasteiger partial charge in [0.2, 0.25) is 0 Å². The van der Waals surface area contributed by atoms with E-state index in [9.17, 15) is 0 Å². The molecule has 2 heterocycles. The van der Waals surface area contributed by atoms with E-state index in [4.69, 9.17) is 4.74 Å². The summed E-state index contributed by atoms with van der Waals surface area (Å²) in [7, 11) is 1.69. The normalized spacial score (nSPS) is 17.9. The van der Waals surface area contributed by atoms with Crippen LogP contribution in [-0.2, 0) is 11.3 Å². The van der Waals surface area contributed by atoms with Gasteiger partial charge in [0.15, 0.2) is 0 Å². The van der Waals surface area contributed by atoms with Gasteiger partial charge >= 0.3 is 0 Å². The van der Waals surface area contributed by atoms with Crippen LogP contribution in [0.4, 0.5) is 0 Å². The number of nitrogens with zero attached hydrogens (tertiary/aromatic N) is 4. The van der Waals surface area contributed by atoms with Crippen molar-refractivity contribution in [2.24, 2.45) is 0 Å². The maximum Gasteiger partial charge on any atom is 0.108 e. The number of piperidine rings is 1. The summed E-state index contributed by atoms with van der Waals surface area (Å²) in [6.07, 6.45) is 5.54. The van der Waals surface area contributed by atoms with Crippen molar-refractivity contribution in [2.75, 3.05) is 26.7 Å². The van der Waals surface area contributed by atoms with Gasteiger partial charge in [0.1, 0.15) is 5.69 Å². The van der Waals surface area contributed by atoms with Crippen LogP contribution in [0.1, 0.15) is 49.4 Å². The number of methoxy groups -OCH3 is 1. The monoisotopic (exact) mass is 328 g/mol. The molecule has 130 valence electrons. The fourth-order valence-electron chi connectivity index (χ4n) is 3.44. The van der Waals surface area contributed by atoms with Crippen molar-refractivity contribution in [3.63, 3.8) is 0 Å². The summed E-state index contributed by atoms with van der Waals surface area (Å²) in [6.45, 7) is 6.33. The fourth-order valence-corrected chi connectivity index (χ4v) is 3.44.